The molecule has 0 radical (unpaired) electrons. The number of hydrogen-bond acceptors (Lipinski definition) is 5. The molecule has 0 saturated carbocycles. The lowest BCUT2D eigenvalue weighted by molar-refractivity contribution is 0.445. The van der Waals surface area contributed by atoms with Crippen LogP contribution in [0.3, 0.4) is 0 Å². The number of nitrogens with one attached hydrogen (secondary N) is 1. The number of benzene rings is 1. The van der Waals surface area contributed by atoms with E-state index in [1.807, 2.05) is 6.07 Å². The van der Waals surface area contributed by atoms with Crippen LogP contribution < -0.4 is 10.3 Å². The maximum atomic E-state index is 11.5. The molecule has 0 saturated heterocycles. The van der Waals surface area contributed by atoms with E-state index in [1.54, 1.807) is 24.3 Å². The number of ether oxygens (including phenoxy) is 1. The quantitative estimate of drug-likeness (QED) is 0.779. The summed E-state index contributed by atoms with van der Waals surface area (Å²) in [7, 11) is 0. The maximum Gasteiger partial charge on any atom is 0.268 e. The van der Waals surface area contributed by atoms with Crippen molar-refractivity contribution in [1.29, 1.82) is 5.26 Å². The molecule has 2 heterocycles. The van der Waals surface area contributed by atoms with Gasteiger partial charge in [-0.3, -0.25) is 4.79 Å². The van der Waals surface area contributed by atoms with Crippen LogP contribution in [0, 0.1) is 11.3 Å². The fourth-order valence-corrected chi connectivity index (χ4v) is 2.03. The Labute approximate surface area is 120 Å². The van der Waals surface area contributed by atoms with Crippen molar-refractivity contribution in [2.24, 2.45) is 0 Å². The van der Waals surface area contributed by atoms with E-state index < -0.39 is 0 Å². The summed E-state index contributed by atoms with van der Waals surface area (Å²) >= 11 is 3.09. The Morgan fingerprint density at radius 1 is 1.40 bits per heavy atom. The van der Waals surface area contributed by atoms with Crippen LogP contribution in [0.2, 0.25) is 0 Å². The van der Waals surface area contributed by atoms with E-state index in [1.165, 1.54) is 6.33 Å². The molecule has 0 fully saturated rings. The average molecular weight is 332 g/mol. The largest absolute Gasteiger partial charge is 0.442 e. The maximum absolute atomic E-state index is 11.5. The van der Waals surface area contributed by atoms with Crippen LogP contribution in [0.15, 0.2) is 44.3 Å². The van der Waals surface area contributed by atoms with Crippen LogP contribution in [-0.4, -0.2) is 9.97 Å². The van der Waals surface area contributed by atoms with Crippen LogP contribution >= 0.6 is 15.9 Å². The van der Waals surface area contributed by atoms with Crippen molar-refractivity contribution in [3.63, 3.8) is 0 Å². The molecule has 20 heavy (non-hydrogen) atoms. The van der Waals surface area contributed by atoms with E-state index >= 15 is 0 Å². The SMILES string of the molecule is N#Cc1oc2ccccc2c1Oc1nc[nH]c(=O)c1Br. The Morgan fingerprint density at radius 3 is 3.00 bits per heavy atom. The summed E-state index contributed by atoms with van der Waals surface area (Å²) < 4.78 is 11.1. The van der Waals surface area contributed by atoms with Gasteiger partial charge < -0.3 is 14.1 Å². The highest BCUT2D eigenvalue weighted by Gasteiger charge is 2.18. The first-order valence-electron chi connectivity index (χ1n) is 5.53. The van der Waals surface area contributed by atoms with E-state index in [0.29, 0.717) is 11.0 Å². The van der Waals surface area contributed by atoms with Crippen LogP contribution in [0.4, 0.5) is 0 Å². The number of rotatable bonds is 2. The lowest BCUT2D eigenvalue weighted by Crippen LogP contribution is -2.08. The number of para-hydroxylation sites is 1. The molecule has 1 aromatic carbocycles. The minimum Gasteiger partial charge on any atom is -0.442 e. The second-order valence-electron chi connectivity index (χ2n) is 3.82. The summed E-state index contributed by atoms with van der Waals surface area (Å²) in [6, 6.07) is 8.99. The number of H-pyrrole nitrogens is 1. The van der Waals surface area contributed by atoms with Crippen LogP contribution in [0.5, 0.6) is 11.6 Å². The molecule has 0 aliphatic carbocycles. The molecule has 3 rings (SSSR count). The van der Waals surface area contributed by atoms with Crippen molar-refractivity contribution in [2.75, 3.05) is 0 Å². The van der Waals surface area contributed by atoms with Gasteiger partial charge in [-0.05, 0) is 28.1 Å². The van der Waals surface area contributed by atoms with Gasteiger partial charge in [0.2, 0.25) is 11.6 Å². The van der Waals surface area contributed by atoms with Gasteiger partial charge in [0.25, 0.3) is 5.56 Å². The molecule has 0 bridgehead atoms. The van der Waals surface area contributed by atoms with E-state index in [9.17, 15) is 4.79 Å². The van der Waals surface area contributed by atoms with Crippen molar-refractivity contribution in [3.8, 4) is 17.7 Å². The number of hydrogen-bond donors (Lipinski definition) is 1. The third-order valence-corrected chi connectivity index (χ3v) is 3.31. The minimum absolute atomic E-state index is 0.0279. The van der Waals surface area contributed by atoms with Crippen LogP contribution in [0.25, 0.3) is 11.0 Å². The summed E-state index contributed by atoms with van der Waals surface area (Å²) in [6.45, 7) is 0. The Hall–Kier alpha value is -2.59. The number of halogens is 1. The molecule has 0 spiro atoms. The number of nitriles is 1. The Morgan fingerprint density at radius 2 is 2.20 bits per heavy atom. The number of nitrogens with zero attached hydrogens (tertiary/aromatic N) is 2. The van der Waals surface area contributed by atoms with Gasteiger partial charge in [-0.15, -0.1) is 0 Å². The van der Waals surface area contributed by atoms with Crippen molar-refractivity contribution < 1.29 is 9.15 Å². The normalized spacial score (nSPS) is 10.4. The molecule has 7 heteroatoms. The zero-order chi connectivity index (χ0) is 14.1. The molecule has 0 atom stereocenters. The average Bonchev–Trinajstić information content (AvgIpc) is 2.82. The number of aromatic nitrogens is 2. The summed E-state index contributed by atoms with van der Waals surface area (Å²) in [4.78, 5) is 17.8. The molecule has 1 N–H and O–H groups in total. The minimum atomic E-state index is -0.374. The molecule has 3 aromatic rings. The van der Waals surface area contributed by atoms with Crippen molar-refractivity contribution in [3.05, 3.63) is 51.2 Å². The first-order chi connectivity index (χ1) is 9.70. The molecule has 0 unspecified atom stereocenters. The monoisotopic (exact) mass is 331 g/mol. The Balaban J connectivity index is 2.18. The second-order valence-corrected chi connectivity index (χ2v) is 4.61. The zero-order valence-electron chi connectivity index (χ0n) is 9.88. The Bertz CT molecular complexity index is 892. The van der Waals surface area contributed by atoms with Crippen LogP contribution in [-0.2, 0) is 0 Å². The predicted octanol–water partition coefficient (Wildman–Crippen LogP) is 2.94. The number of fused-ring (bicyclic) bond motifs is 1. The Kier molecular flexibility index (Phi) is 3.00. The van der Waals surface area contributed by atoms with Gasteiger partial charge in [-0.2, -0.15) is 5.26 Å². The molecule has 6 nitrogen and oxygen atoms in total. The second kappa shape index (κ2) is 4.83. The smallest absolute Gasteiger partial charge is 0.268 e. The van der Waals surface area contributed by atoms with Gasteiger partial charge in [0.05, 0.1) is 11.7 Å². The number of furan rings is 1. The lowest BCUT2D eigenvalue weighted by atomic mass is 10.2. The van der Waals surface area contributed by atoms with E-state index in [4.69, 9.17) is 14.4 Å². The third kappa shape index (κ3) is 1.96. The van der Waals surface area contributed by atoms with Gasteiger partial charge in [0.15, 0.2) is 5.75 Å². The van der Waals surface area contributed by atoms with E-state index in [-0.39, 0.29) is 27.4 Å². The molecule has 0 amide bonds. The number of aromatic amines is 1. The zero-order valence-corrected chi connectivity index (χ0v) is 11.5. The standard InChI is InChI=1S/C13H6BrN3O3/c14-10-12(18)16-6-17-13(10)20-11-7-3-1-2-4-8(7)19-9(11)5-15/h1-4,6H,(H,16,17,18). The first-order valence-corrected chi connectivity index (χ1v) is 6.32. The van der Waals surface area contributed by atoms with Crippen LogP contribution in [0.1, 0.15) is 5.76 Å². The summed E-state index contributed by atoms with van der Waals surface area (Å²) in [5, 5.41) is 9.73. The van der Waals surface area contributed by atoms with Gasteiger partial charge >= 0.3 is 0 Å². The van der Waals surface area contributed by atoms with Crippen molar-refractivity contribution >= 4 is 26.9 Å². The fourth-order valence-electron chi connectivity index (χ4n) is 1.73. The van der Waals surface area contributed by atoms with Gasteiger partial charge in [-0.1, -0.05) is 12.1 Å². The molecular formula is C13H6BrN3O3. The highest BCUT2D eigenvalue weighted by Crippen LogP contribution is 2.36. The summed E-state index contributed by atoms with van der Waals surface area (Å²) in [6.07, 6.45) is 1.22. The molecule has 0 aliphatic heterocycles. The fraction of sp³-hybridized carbons (Fsp3) is 0. The lowest BCUT2D eigenvalue weighted by Gasteiger charge is -2.03. The topological polar surface area (TPSA) is 91.9 Å². The predicted molar refractivity (Wildman–Crippen MR) is 73.6 cm³/mol. The van der Waals surface area contributed by atoms with Gasteiger partial charge in [-0.25, -0.2) is 4.98 Å². The van der Waals surface area contributed by atoms with E-state index in [0.717, 1.165) is 0 Å². The summed E-state index contributed by atoms with van der Waals surface area (Å²) in [5.41, 5.74) is 0.154. The molecular weight excluding hydrogens is 326 g/mol. The van der Waals surface area contributed by atoms with Crippen molar-refractivity contribution in [1.82, 2.24) is 9.97 Å². The third-order valence-electron chi connectivity index (χ3n) is 2.61. The van der Waals surface area contributed by atoms with E-state index in [2.05, 4.69) is 25.9 Å². The molecule has 98 valence electrons. The van der Waals surface area contributed by atoms with Gasteiger partial charge in [0, 0.05) is 0 Å². The van der Waals surface area contributed by atoms with Gasteiger partial charge in [0.1, 0.15) is 16.1 Å². The van der Waals surface area contributed by atoms with Crippen molar-refractivity contribution in [2.45, 2.75) is 0 Å². The summed E-state index contributed by atoms with van der Waals surface area (Å²) in [5.74, 6) is 0.332. The molecule has 0 aliphatic rings. The first kappa shape index (κ1) is 12.4. The molecule has 2 aromatic heterocycles. The highest BCUT2D eigenvalue weighted by atomic mass is 79.9. The highest BCUT2D eigenvalue weighted by molar-refractivity contribution is 9.10.